The predicted octanol–water partition coefficient (Wildman–Crippen LogP) is 4.93. The molecule has 2 N–H and O–H groups in total. The molecule has 0 radical (unpaired) electrons. The average Bonchev–Trinajstić information content (AvgIpc) is 2.42. The molecule has 0 aromatic heterocycles. The van der Waals surface area contributed by atoms with Gasteiger partial charge in [-0.2, -0.15) is 0 Å². The van der Waals surface area contributed by atoms with Gasteiger partial charge in [0.2, 0.25) is 0 Å². The Labute approximate surface area is 178 Å². The summed E-state index contributed by atoms with van der Waals surface area (Å²) in [6.45, 7) is 2.42. The smallest absolute Gasteiger partial charge is 0 e. The molecule has 0 aromatic rings. The van der Waals surface area contributed by atoms with Crippen LogP contribution in [-0.2, 0) is 28.6 Å². The molecule has 0 saturated heterocycles. The van der Waals surface area contributed by atoms with E-state index in [0.717, 1.165) is 19.3 Å². The van der Waals surface area contributed by atoms with E-state index < -0.39 is 7.82 Å². The maximum Gasteiger partial charge on any atom is 0 e. The van der Waals surface area contributed by atoms with Crippen LogP contribution in [0.2, 0.25) is 0 Å². The van der Waals surface area contributed by atoms with Crippen LogP contribution in [0.4, 0.5) is 0 Å². The van der Waals surface area contributed by atoms with Crippen molar-refractivity contribution in [3.63, 3.8) is 0 Å². The van der Waals surface area contributed by atoms with Crippen molar-refractivity contribution >= 4 is 37.4 Å². The van der Waals surface area contributed by atoms with Crippen LogP contribution in [0.15, 0.2) is 0 Å². The Hall–Kier alpha value is 1.73. The Kier molecular flexibility index (Phi) is 27.9. The minimum absolute atomic E-state index is 0. The van der Waals surface area contributed by atoms with Gasteiger partial charge in [-0.25, -0.2) is 4.57 Å². The maximum absolute atomic E-state index is 10.4. The fourth-order valence-corrected chi connectivity index (χ4v) is 2.85. The van der Waals surface area contributed by atoms with Gasteiger partial charge in [-0.3, -0.25) is 4.52 Å². The molecule has 4 nitrogen and oxygen atoms in total. The summed E-state index contributed by atoms with van der Waals surface area (Å²) in [6.07, 6.45) is 17.8. The largest absolute Gasteiger partial charge is 0 e. The van der Waals surface area contributed by atoms with Crippen LogP contribution >= 0.6 is 7.82 Å². The van der Waals surface area contributed by atoms with Crippen LogP contribution in [-0.4, -0.2) is 46.0 Å². The van der Waals surface area contributed by atoms with E-state index in [2.05, 4.69) is 11.4 Å². The molecule has 0 bridgehead atoms. The minimum Gasteiger partial charge on any atom is 0 e. The van der Waals surface area contributed by atoms with Crippen molar-refractivity contribution in [1.82, 2.24) is 0 Å². The Morgan fingerprint density at radius 2 is 1.00 bits per heavy atom. The van der Waals surface area contributed by atoms with Gasteiger partial charge < -0.3 is 9.79 Å². The van der Waals surface area contributed by atoms with E-state index in [1.54, 1.807) is 0 Å². The summed E-state index contributed by atoms with van der Waals surface area (Å²) in [6, 6.07) is 0. The van der Waals surface area contributed by atoms with Gasteiger partial charge in [-0.15, -0.1) is 0 Å². The van der Waals surface area contributed by atoms with Crippen molar-refractivity contribution in [2.45, 2.75) is 96.8 Å². The van der Waals surface area contributed by atoms with E-state index in [-0.39, 0.29) is 55.6 Å². The molecule has 0 spiro atoms. The SMILES string of the molecule is CCCCCCCCCCCCCCCCOP(=O)(O)O.[NaH].[Zn]. The molecule has 0 amide bonds. The number of phosphoric acid groups is 1. The van der Waals surface area contributed by atoms with Crippen LogP contribution in [0.25, 0.3) is 0 Å². The molecular formula is C16H36NaO4PZn. The Morgan fingerprint density at radius 1 is 0.696 bits per heavy atom. The summed E-state index contributed by atoms with van der Waals surface area (Å²) in [7, 11) is -4.25. The molecule has 0 unspecified atom stereocenters. The van der Waals surface area contributed by atoms with Gasteiger partial charge in [0.1, 0.15) is 0 Å². The van der Waals surface area contributed by atoms with Crippen molar-refractivity contribution in [3.05, 3.63) is 0 Å². The van der Waals surface area contributed by atoms with Gasteiger partial charge in [0, 0.05) is 19.5 Å². The molecular weight excluding hydrogens is 376 g/mol. The van der Waals surface area contributed by atoms with E-state index in [1.165, 1.54) is 70.6 Å². The molecule has 0 aliphatic heterocycles. The van der Waals surface area contributed by atoms with Crippen LogP contribution in [0.1, 0.15) is 96.8 Å². The first kappa shape index (κ1) is 29.5. The van der Waals surface area contributed by atoms with E-state index in [4.69, 9.17) is 9.79 Å². The summed E-state index contributed by atoms with van der Waals surface area (Å²) >= 11 is 0. The third-order valence-corrected chi connectivity index (χ3v) is 4.28. The van der Waals surface area contributed by atoms with E-state index >= 15 is 0 Å². The average molecular weight is 412 g/mol. The van der Waals surface area contributed by atoms with E-state index in [0.29, 0.717) is 0 Å². The number of hydrogen-bond donors (Lipinski definition) is 2. The summed E-state index contributed by atoms with van der Waals surface area (Å²) in [5, 5.41) is 0. The van der Waals surface area contributed by atoms with E-state index in [1.807, 2.05) is 0 Å². The first-order valence-corrected chi connectivity index (χ1v) is 10.3. The summed E-state index contributed by atoms with van der Waals surface area (Å²) in [5.41, 5.74) is 0. The molecule has 0 saturated carbocycles. The molecule has 0 rings (SSSR count). The summed E-state index contributed by atoms with van der Waals surface area (Å²) in [4.78, 5) is 17.0. The van der Waals surface area contributed by atoms with Gasteiger partial charge in [0.15, 0.2) is 0 Å². The first-order chi connectivity index (χ1) is 10.1. The van der Waals surface area contributed by atoms with Crippen LogP contribution < -0.4 is 0 Å². The number of rotatable bonds is 16. The number of phosphoric ester groups is 1. The van der Waals surface area contributed by atoms with Crippen LogP contribution in [0, 0.1) is 0 Å². The minimum atomic E-state index is -4.25. The quantitative estimate of drug-likeness (QED) is 0.215. The molecule has 132 valence electrons. The van der Waals surface area contributed by atoms with Gasteiger partial charge in [-0.1, -0.05) is 90.4 Å². The van der Waals surface area contributed by atoms with Crippen molar-refractivity contribution in [2.24, 2.45) is 0 Å². The topological polar surface area (TPSA) is 66.8 Å². The standard InChI is InChI=1S/C16H35O4P.Na.Zn.H/c1-2-3-4-5-6-7-8-9-10-11-12-13-14-15-16-20-21(17,18)19;;;/h2-16H2,1H3,(H2,17,18,19);;;. The second kappa shape index (κ2) is 21.8. The second-order valence-corrected chi connectivity index (χ2v) is 7.16. The zero-order valence-corrected chi connectivity index (χ0v) is 18.3. The Morgan fingerprint density at radius 3 is 1.30 bits per heavy atom. The summed E-state index contributed by atoms with van der Waals surface area (Å²) < 4.78 is 14.8. The fourth-order valence-electron chi connectivity index (χ4n) is 2.48. The normalized spacial score (nSPS) is 10.9. The van der Waals surface area contributed by atoms with Gasteiger partial charge in [0.05, 0.1) is 6.61 Å². The monoisotopic (exact) mass is 410 g/mol. The van der Waals surface area contributed by atoms with Crippen molar-refractivity contribution < 1.29 is 38.4 Å². The van der Waals surface area contributed by atoms with Gasteiger partial charge in [-0.05, 0) is 6.42 Å². The molecule has 0 aliphatic carbocycles. The molecule has 23 heavy (non-hydrogen) atoms. The summed E-state index contributed by atoms with van der Waals surface area (Å²) in [5.74, 6) is 0. The molecule has 7 heteroatoms. The Bertz CT molecular complexity index is 264. The second-order valence-electron chi connectivity index (χ2n) is 5.92. The van der Waals surface area contributed by atoms with Crippen LogP contribution in [0.5, 0.6) is 0 Å². The molecule has 0 atom stereocenters. The first-order valence-electron chi connectivity index (χ1n) is 8.76. The number of hydrogen-bond acceptors (Lipinski definition) is 2. The van der Waals surface area contributed by atoms with Crippen molar-refractivity contribution in [1.29, 1.82) is 0 Å². The molecule has 0 fully saturated rings. The third kappa shape index (κ3) is 28.8. The Balaban J connectivity index is -0.00000200. The van der Waals surface area contributed by atoms with Crippen molar-refractivity contribution in [3.8, 4) is 0 Å². The van der Waals surface area contributed by atoms with Gasteiger partial charge in [0.25, 0.3) is 0 Å². The molecule has 0 heterocycles. The molecule has 0 aliphatic rings. The zero-order chi connectivity index (χ0) is 15.8. The zero-order valence-electron chi connectivity index (χ0n) is 14.5. The molecule has 0 aromatic carbocycles. The predicted molar refractivity (Wildman–Crippen MR) is 95.5 cm³/mol. The van der Waals surface area contributed by atoms with E-state index in [9.17, 15) is 4.57 Å². The van der Waals surface area contributed by atoms with Crippen molar-refractivity contribution in [2.75, 3.05) is 6.61 Å². The number of unbranched alkanes of at least 4 members (excludes halogenated alkanes) is 13. The van der Waals surface area contributed by atoms with Gasteiger partial charge >= 0.3 is 37.4 Å². The third-order valence-electron chi connectivity index (χ3n) is 3.76. The maximum atomic E-state index is 10.4. The van der Waals surface area contributed by atoms with Crippen LogP contribution in [0.3, 0.4) is 0 Å². The fraction of sp³-hybridized carbons (Fsp3) is 1.00.